The van der Waals surface area contributed by atoms with E-state index in [1.165, 1.54) is 4.57 Å². The number of ether oxygens (including phenoxy) is 5. The first-order chi connectivity index (χ1) is 20.5. The molecular weight excluding hydrogens is 564 g/mol. The first-order valence-corrected chi connectivity index (χ1v) is 14.0. The van der Waals surface area contributed by atoms with Gasteiger partial charge < -0.3 is 34.3 Å². The van der Waals surface area contributed by atoms with E-state index in [-0.39, 0.29) is 56.2 Å². The minimum atomic E-state index is -0.349. The number of nitrogens with zero attached hydrogens (tertiary/aromatic N) is 2. The highest BCUT2D eigenvalue weighted by Crippen LogP contribution is 2.35. The fourth-order valence-electron chi connectivity index (χ4n) is 4.48. The molecule has 0 saturated heterocycles. The van der Waals surface area contributed by atoms with Gasteiger partial charge >= 0.3 is 0 Å². The highest BCUT2D eigenvalue weighted by Gasteiger charge is 2.20. The third-order valence-electron chi connectivity index (χ3n) is 6.59. The van der Waals surface area contributed by atoms with Crippen molar-refractivity contribution < 1.29 is 33.3 Å². The Balaban J connectivity index is 1.17. The molecule has 0 bridgehead atoms. The molecular formula is C29H26N4O8S. The van der Waals surface area contributed by atoms with Crippen molar-refractivity contribution in [2.24, 2.45) is 0 Å². The van der Waals surface area contributed by atoms with Gasteiger partial charge in [0.1, 0.15) is 5.75 Å². The van der Waals surface area contributed by atoms with E-state index in [0.29, 0.717) is 50.5 Å². The van der Waals surface area contributed by atoms with Crippen LogP contribution in [0.4, 0.5) is 5.69 Å². The Morgan fingerprint density at radius 1 is 0.952 bits per heavy atom. The van der Waals surface area contributed by atoms with E-state index >= 15 is 0 Å². The summed E-state index contributed by atoms with van der Waals surface area (Å²) in [5.74, 6) is 2.29. The van der Waals surface area contributed by atoms with Crippen molar-refractivity contribution in [2.45, 2.75) is 24.7 Å². The number of carbonyl (C=O) groups is 2. The average Bonchev–Trinajstić information content (AvgIpc) is 3.66. The Labute approximate surface area is 243 Å². The number of methoxy groups -OCH3 is 1. The molecule has 0 aliphatic carbocycles. The maximum atomic E-state index is 13.6. The molecule has 3 aromatic carbocycles. The highest BCUT2D eigenvalue weighted by molar-refractivity contribution is 7.99. The third kappa shape index (κ3) is 5.91. The van der Waals surface area contributed by atoms with Crippen molar-refractivity contribution in [2.75, 3.05) is 31.8 Å². The molecule has 2 N–H and O–H groups in total. The van der Waals surface area contributed by atoms with Crippen LogP contribution in [0.1, 0.15) is 12.0 Å². The van der Waals surface area contributed by atoms with Gasteiger partial charge in [-0.1, -0.05) is 23.9 Å². The van der Waals surface area contributed by atoms with Crippen LogP contribution in [0.3, 0.4) is 0 Å². The topological polar surface area (TPSA) is 139 Å². The van der Waals surface area contributed by atoms with Crippen LogP contribution in [0.5, 0.6) is 28.7 Å². The second-order valence-electron chi connectivity index (χ2n) is 9.36. The molecule has 0 radical (unpaired) electrons. The zero-order valence-electron chi connectivity index (χ0n) is 22.5. The van der Waals surface area contributed by atoms with Crippen molar-refractivity contribution in [1.82, 2.24) is 14.9 Å². The molecule has 13 heteroatoms. The lowest BCUT2D eigenvalue weighted by Crippen LogP contribution is -2.29. The lowest BCUT2D eigenvalue weighted by atomic mass is 10.2. The quantitative estimate of drug-likeness (QED) is 0.209. The van der Waals surface area contributed by atoms with Gasteiger partial charge in [-0.2, -0.15) is 0 Å². The average molecular weight is 591 g/mol. The molecule has 6 rings (SSSR count). The molecule has 4 aromatic rings. The van der Waals surface area contributed by atoms with Crippen LogP contribution in [0, 0.1) is 0 Å². The van der Waals surface area contributed by atoms with Gasteiger partial charge in [-0.15, -0.1) is 0 Å². The lowest BCUT2D eigenvalue weighted by Gasteiger charge is -2.14. The first kappa shape index (κ1) is 27.3. The number of carbonyl (C=O) groups excluding carboxylic acids is 2. The van der Waals surface area contributed by atoms with Gasteiger partial charge in [-0.25, -0.2) is 4.98 Å². The molecule has 0 atom stereocenters. The first-order valence-electron chi connectivity index (χ1n) is 13.0. The number of amides is 2. The summed E-state index contributed by atoms with van der Waals surface area (Å²) < 4.78 is 28.2. The molecule has 0 spiro atoms. The number of rotatable bonds is 10. The zero-order valence-corrected chi connectivity index (χ0v) is 23.3. The normalized spacial score (nSPS) is 12.8. The van der Waals surface area contributed by atoms with Crippen molar-refractivity contribution in [1.29, 1.82) is 0 Å². The molecule has 12 nitrogen and oxygen atoms in total. The molecule has 2 aliphatic heterocycles. The Morgan fingerprint density at radius 2 is 1.71 bits per heavy atom. The fourth-order valence-corrected chi connectivity index (χ4v) is 5.30. The lowest BCUT2D eigenvalue weighted by molar-refractivity contribution is -0.121. The summed E-state index contributed by atoms with van der Waals surface area (Å²) in [7, 11) is 1.55. The van der Waals surface area contributed by atoms with Gasteiger partial charge in [0.15, 0.2) is 28.2 Å². The van der Waals surface area contributed by atoms with E-state index < -0.39 is 0 Å². The summed E-state index contributed by atoms with van der Waals surface area (Å²) >= 11 is 1.10. The van der Waals surface area contributed by atoms with Crippen molar-refractivity contribution in [3.63, 3.8) is 0 Å². The minimum absolute atomic E-state index is 0.0178. The predicted molar refractivity (Wildman–Crippen MR) is 154 cm³/mol. The summed E-state index contributed by atoms with van der Waals surface area (Å²) in [6.45, 7) is 0.568. The van der Waals surface area contributed by atoms with Gasteiger partial charge in [-0.3, -0.25) is 19.0 Å². The summed E-state index contributed by atoms with van der Waals surface area (Å²) in [6.07, 6.45) is 0.0196. The fraction of sp³-hybridized carbons (Fsp3) is 0.241. The van der Waals surface area contributed by atoms with Crippen LogP contribution in [0.25, 0.3) is 10.9 Å². The highest BCUT2D eigenvalue weighted by atomic mass is 32.2. The number of hydrogen-bond donors (Lipinski definition) is 2. The van der Waals surface area contributed by atoms with E-state index in [9.17, 15) is 14.4 Å². The second kappa shape index (κ2) is 11.9. The van der Waals surface area contributed by atoms with Crippen molar-refractivity contribution >= 4 is 40.2 Å². The monoisotopic (exact) mass is 590 g/mol. The molecule has 0 unspecified atom stereocenters. The molecule has 216 valence electrons. The summed E-state index contributed by atoms with van der Waals surface area (Å²) in [6, 6.07) is 15.7. The van der Waals surface area contributed by atoms with E-state index in [0.717, 1.165) is 17.3 Å². The maximum absolute atomic E-state index is 13.6. The Hall–Kier alpha value is -4.91. The van der Waals surface area contributed by atoms with Crippen molar-refractivity contribution in [3.8, 4) is 28.7 Å². The van der Waals surface area contributed by atoms with Crippen LogP contribution in [0.15, 0.2) is 64.5 Å². The SMILES string of the molecule is COc1cccc(NC(=O)CSc2nc3cc4c(cc3c(=O)n2CCC(=O)NCc2ccc3c(c2)OCO3)OCO4)c1. The van der Waals surface area contributed by atoms with E-state index in [1.54, 1.807) is 49.6 Å². The largest absolute Gasteiger partial charge is 0.497 e. The minimum Gasteiger partial charge on any atom is -0.497 e. The summed E-state index contributed by atoms with van der Waals surface area (Å²) in [5.41, 5.74) is 1.49. The number of anilines is 1. The number of thioether (sulfide) groups is 1. The van der Waals surface area contributed by atoms with Gasteiger partial charge in [0.2, 0.25) is 25.4 Å². The van der Waals surface area contributed by atoms with Crippen LogP contribution >= 0.6 is 11.8 Å². The van der Waals surface area contributed by atoms with Crippen LogP contribution < -0.4 is 39.9 Å². The molecule has 2 aliphatic rings. The van der Waals surface area contributed by atoms with Crippen LogP contribution in [-0.2, 0) is 22.7 Å². The van der Waals surface area contributed by atoms with E-state index in [4.69, 9.17) is 23.7 Å². The van der Waals surface area contributed by atoms with Crippen LogP contribution in [-0.4, -0.2) is 47.8 Å². The Bertz CT molecular complexity index is 1740. The number of aromatic nitrogens is 2. The molecule has 42 heavy (non-hydrogen) atoms. The number of hydrogen-bond acceptors (Lipinski definition) is 10. The van der Waals surface area contributed by atoms with E-state index in [2.05, 4.69) is 15.6 Å². The standard InChI is InChI=1S/C29H26N4O8S/c1-37-19-4-2-3-18(10-19)31-27(35)14-42-29-32-21-12-25-24(40-16-41-25)11-20(21)28(36)33(29)8-7-26(34)30-13-17-5-6-22-23(9-17)39-15-38-22/h2-6,9-12H,7-8,13-16H2,1H3,(H,30,34)(H,31,35). The molecule has 2 amide bonds. The second-order valence-corrected chi connectivity index (χ2v) is 10.3. The molecule has 0 fully saturated rings. The summed E-state index contributed by atoms with van der Waals surface area (Å²) in [5, 5.41) is 6.31. The Morgan fingerprint density at radius 3 is 2.52 bits per heavy atom. The summed E-state index contributed by atoms with van der Waals surface area (Å²) in [4.78, 5) is 43.8. The Kier molecular flexibility index (Phi) is 7.73. The van der Waals surface area contributed by atoms with Gasteiger partial charge in [0.05, 0.1) is 23.8 Å². The number of nitrogens with one attached hydrogen (secondary N) is 2. The molecule has 3 heterocycles. The van der Waals surface area contributed by atoms with Gasteiger partial charge in [0, 0.05) is 37.3 Å². The van der Waals surface area contributed by atoms with E-state index in [1.807, 2.05) is 12.1 Å². The zero-order chi connectivity index (χ0) is 29.1. The number of benzene rings is 3. The molecule has 0 saturated carbocycles. The van der Waals surface area contributed by atoms with Crippen LogP contribution in [0.2, 0.25) is 0 Å². The van der Waals surface area contributed by atoms with Crippen molar-refractivity contribution in [3.05, 3.63) is 70.5 Å². The number of fused-ring (bicyclic) bond motifs is 3. The predicted octanol–water partition coefficient (Wildman–Crippen LogP) is 3.30. The smallest absolute Gasteiger partial charge is 0.262 e. The molecule has 1 aromatic heterocycles. The third-order valence-corrected chi connectivity index (χ3v) is 7.56. The van der Waals surface area contributed by atoms with Gasteiger partial charge in [0.25, 0.3) is 5.56 Å². The maximum Gasteiger partial charge on any atom is 0.262 e. The van der Waals surface area contributed by atoms with Gasteiger partial charge in [-0.05, 0) is 35.9 Å².